The molecule has 108 valence electrons. The van der Waals surface area contributed by atoms with Crippen LogP contribution in [0, 0.1) is 0 Å². The van der Waals surface area contributed by atoms with Crippen LogP contribution < -0.4 is 10.6 Å². The number of rotatable bonds is 6. The number of amides is 1. The minimum absolute atomic E-state index is 0.0146. The lowest BCUT2D eigenvalue weighted by Crippen LogP contribution is -2.42. The van der Waals surface area contributed by atoms with E-state index in [1.54, 1.807) is 20.8 Å². The molecule has 1 unspecified atom stereocenters. The summed E-state index contributed by atoms with van der Waals surface area (Å²) in [6, 6.07) is -0.0146. The molecule has 0 spiro atoms. The van der Waals surface area contributed by atoms with E-state index >= 15 is 0 Å². The van der Waals surface area contributed by atoms with Crippen molar-refractivity contribution in [3.8, 4) is 0 Å². The molecule has 0 rings (SSSR count). The van der Waals surface area contributed by atoms with Gasteiger partial charge in [0.1, 0.15) is 15.4 Å². The van der Waals surface area contributed by atoms with Gasteiger partial charge in [-0.2, -0.15) is 0 Å². The van der Waals surface area contributed by atoms with E-state index in [9.17, 15) is 13.2 Å². The quantitative estimate of drug-likeness (QED) is 0.741. The Kier molecular flexibility index (Phi) is 6.62. The van der Waals surface area contributed by atoms with Crippen LogP contribution >= 0.6 is 0 Å². The van der Waals surface area contributed by atoms with E-state index in [1.807, 2.05) is 6.92 Å². The number of nitrogens with one attached hydrogen (secondary N) is 2. The van der Waals surface area contributed by atoms with Crippen molar-refractivity contribution in [2.75, 3.05) is 25.1 Å². The van der Waals surface area contributed by atoms with E-state index < -0.39 is 21.5 Å². The van der Waals surface area contributed by atoms with Crippen molar-refractivity contribution in [2.45, 2.75) is 39.3 Å². The zero-order valence-corrected chi connectivity index (χ0v) is 12.6. The summed E-state index contributed by atoms with van der Waals surface area (Å²) in [4.78, 5) is 11.3. The largest absolute Gasteiger partial charge is 0.444 e. The Hall–Kier alpha value is -0.820. The summed E-state index contributed by atoms with van der Waals surface area (Å²) >= 11 is 0. The van der Waals surface area contributed by atoms with Crippen molar-refractivity contribution in [3.05, 3.63) is 0 Å². The van der Waals surface area contributed by atoms with Crippen molar-refractivity contribution in [1.82, 2.24) is 10.6 Å². The molecule has 0 heterocycles. The summed E-state index contributed by atoms with van der Waals surface area (Å²) < 4.78 is 26.9. The molecule has 0 aromatic carbocycles. The summed E-state index contributed by atoms with van der Waals surface area (Å²) in [6.45, 7) is 8.00. The van der Waals surface area contributed by atoms with E-state index in [0.29, 0.717) is 13.1 Å². The second-order valence-electron chi connectivity index (χ2n) is 5.37. The summed E-state index contributed by atoms with van der Waals surface area (Å²) in [5.74, 6) is 0.0871. The van der Waals surface area contributed by atoms with Crippen LogP contribution in [0.2, 0.25) is 0 Å². The van der Waals surface area contributed by atoms with Crippen LogP contribution in [0.1, 0.15) is 27.7 Å². The maximum Gasteiger partial charge on any atom is 0.407 e. The van der Waals surface area contributed by atoms with Gasteiger partial charge < -0.3 is 15.4 Å². The lowest BCUT2D eigenvalue weighted by Gasteiger charge is -2.21. The summed E-state index contributed by atoms with van der Waals surface area (Å²) in [7, 11) is -2.95. The Morgan fingerprint density at radius 1 is 1.33 bits per heavy atom. The van der Waals surface area contributed by atoms with Crippen molar-refractivity contribution < 1.29 is 17.9 Å². The third-order valence-electron chi connectivity index (χ3n) is 1.92. The maximum absolute atomic E-state index is 11.3. The van der Waals surface area contributed by atoms with Crippen LogP contribution in [0.25, 0.3) is 0 Å². The number of hydrogen-bond acceptors (Lipinski definition) is 5. The second kappa shape index (κ2) is 6.94. The molecule has 0 aromatic heterocycles. The zero-order chi connectivity index (χ0) is 14.4. The number of carbonyl (C=O) groups is 1. The molecule has 0 aliphatic carbocycles. The fourth-order valence-electron chi connectivity index (χ4n) is 1.11. The van der Waals surface area contributed by atoms with Crippen LogP contribution in [-0.2, 0) is 14.6 Å². The molecule has 0 aliphatic rings. The number of sulfone groups is 1. The molecule has 1 amide bonds. The standard InChI is InChI=1S/C11H24N2O4S/c1-9(12-6-7-18(5,15)16)8-13-10(14)17-11(2,3)4/h9,12H,6-8H2,1-5H3,(H,13,14). The summed E-state index contributed by atoms with van der Waals surface area (Å²) in [5, 5.41) is 5.62. The van der Waals surface area contributed by atoms with Gasteiger partial charge in [0.05, 0.1) is 5.75 Å². The molecule has 7 heteroatoms. The van der Waals surface area contributed by atoms with Crippen LogP contribution in [0.4, 0.5) is 4.79 Å². The van der Waals surface area contributed by atoms with Crippen molar-refractivity contribution >= 4 is 15.9 Å². The predicted molar refractivity (Wildman–Crippen MR) is 71.4 cm³/mol. The molecule has 0 fully saturated rings. The Morgan fingerprint density at radius 3 is 2.33 bits per heavy atom. The van der Waals surface area contributed by atoms with Gasteiger partial charge in [-0.25, -0.2) is 13.2 Å². The summed E-state index contributed by atoms with van der Waals surface area (Å²) in [5.41, 5.74) is -0.517. The normalized spacial score (nSPS) is 14.1. The number of carbonyl (C=O) groups excluding carboxylic acids is 1. The van der Waals surface area contributed by atoms with Gasteiger partial charge in [-0.1, -0.05) is 0 Å². The highest BCUT2D eigenvalue weighted by atomic mass is 32.2. The molecule has 1 atom stereocenters. The average molecular weight is 280 g/mol. The fraction of sp³-hybridized carbons (Fsp3) is 0.909. The van der Waals surface area contributed by atoms with Crippen LogP contribution in [0.15, 0.2) is 0 Å². The molecule has 0 bridgehead atoms. The van der Waals surface area contributed by atoms with E-state index in [2.05, 4.69) is 10.6 Å². The first-order valence-corrected chi connectivity index (χ1v) is 7.93. The first-order valence-electron chi connectivity index (χ1n) is 5.87. The Balaban J connectivity index is 3.77. The SMILES string of the molecule is CC(CNC(=O)OC(C)(C)C)NCCS(C)(=O)=O. The third-order valence-corrected chi connectivity index (χ3v) is 2.86. The Bertz CT molecular complexity index is 360. The molecule has 0 aliphatic heterocycles. The molecule has 0 saturated heterocycles. The first-order chi connectivity index (χ1) is 7.99. The number of alkyl carbamates (subject to hydrolysis) is 1. The highest BCUT2D eigenvalue weighted by Gasteiger charge is 2.16. The minimum Gasteiger partial charge on any atom is -0.444 e. The summed E-state index contributed by atoms with van der Waals surface area (Å²) in [6.07, 6.45) is 0.720. The third kappa shape index (κ3) is 11.7. The van der Waals surface area contributed by atoms with Gasteiger partial charge in [-0.3, -0.25) is 0 Å². The molecule has 0 aromatic rings. The van der Waals surface area contributed by atoms with E-state index in [0.717, 1.165) is 0 Å². The van der Waals surface area contributed by atoms with E-state index in [-0.39, 0.29) is 11.8 Å². The highest BCUT2D eigenvalue weighted by Crippen LogP contribution is 2.06. The van der Waals surface area contributed by atoms with Gasteiger partial charge in [0, 0.05) is 25.4 Å². The lowest BCUT2D eigenvalue weighted by molar-refractivity contribution is 0.0523. The van der Waals surface area contributed by atoms with Crippen molar-refractivity contribution in [2.24, 2.45) is 0 Å². The molecule has 6 nitrogen and oxygen atoms in total. The van der Waals surface area contributed by atoms with Gasteiger partial charge in [-0.05, 0) is 27.7 Å². The molecule has 18 heavy (non-hydrogen) atoms. The van der Waals surface area contributed by atoms with Gasteiger partial charge in [-0.15, -0.1) is 0 Å². The van der Waals surface area contributed by atoms with E-state index in [4.69, 9.17) is 4.74 Å². The van der Waals surface area contributed by atoms with Crippen molar-refractivity contribution in [3.63, 3.8) is 0 Å². The predicted octanol–water partition coefficient (Wildman–Crippen LogP) is 0.534. The molecule has 0 radical (unpaired) electrons. The monoisotopic (exact) mass is 280 g/mol. The molecular weight excluding hydrogens is 256 g/mol. The van der Waals surface area contributed by atoms with Crippen molar-refractivity contribution in [1.29, 1.82) is 0 Å². The van der Waals surface area contributed by atoms with Crippen LogP contribution in [0.3, 0.4) is 0 Å². The lowest BCUT2D eigenvalue weighted by atomic mass is 10.2. The molecule has 2 N–H and O–H groups in total. The van der Waals surface area contributed by atoms with Gasteiger partial charge in [0.25, 0.3) is 0 Å². The molecular formula is C11H24N2O4S. The zero-order valence-electron chi connectivity index (χ0n) is 11.7. The highest BCUT2D eigenvalue weighted by molar-refractivity contribution is 7.90. The van der Waals surface area contributed by atoms with E-state index in [1.165, 1.54) is 6.26 Å². The average Bonchev–Trinajstić information content (AvgIpc) is 2.09. The van der Waals surface area contributed by atoms with Crippen LogP contribution in [-0.4, -0.2) is 51.3 Å². The Morgan fingerprint density at radius 2 is 1.89 bits per heavy atom. The topological polar surface area (TPSA) is 84.5 Å². The fourth-order valence-corrected chi connectivity index (χ4v) is 1.60. The second-order valence-corrected chi connectivity index (χ2v) is 7.63. The number of hydrogen-bond donors (Lipinski definition) is 2. The van der Waals surface area contributed by atoms with Gasteiger partial charge in [0.15, 0.2) is 0 Å². The maximum atomic E-state index is 11.3. The van der Waals surface area contributed by atoms with Crippen LogP contribution in [0.5, 0.6) is 0 Å². The minimum atomic E-state index is -2.95. The van der Waals surface area contributed by atoms with Gasteiger partial charge in [0.2, 0.25) is 0 Å². The smallest absolute Gasteiger partial charge is 0.407 e. The molecule has 0 saturated carbocycles. The number of ether oxygens (including phenoxy) is 1. The Labute approximate surface area is 109 Å². The van der Waals surface area contributed by atoms with Gasteiger partial charge >= 0.3 is 6.09 Å². The first kappa shape index (κ1) is 17.2.